The molecule has 2 heterocycles. The van der Waals surface area contributed by atoms with E-state index in [-0.39, 0.29) is 11.1 Å². The summed E-state index contributed by atoms with van der Waals surface area (Å²) in [5, 5.41) is -0.213. The summed E-state index contributed by atoms with van der Waals surface area (Å²) in [6, 6.07) is 8.89. The van der Waals surface area contributed by atoms with E-state index in [1.165, 1.54) is 31.3 Å². The van der Waals surface area contributed by atoms with Gasteiger partial charge in [0.2, 0.25) is 0 Å². The van der Waals surface area contributed by atoms with Gasteiger partial charge in [-0.2, -0.15) is 0 Å². The first kappa shape index (κ1) is 21.4. The molecule has 1 aliphatic heterocycles. The Hall–Kier alpha value is -2.80. The van der Waals surface area contributed by atoms with Crippen LogP contribution in [0.25, 0.3) is 17.4 Å². The highest BCUT2D eigenvalue weighted by molar-refractivity contribution is 8.18. The standard InChI is InChI=1S/C24H25NO5S/c1-15-18(9-6-10-19(15)23(27)29-2)20-12-11-17(30-20)13-21-22(26)25(24(28)31-21)14-16-7-4-3-5-8-16/h6,9-13,16H,3-5,7-8,14H2,1-2H3/b21-13+. The molecule has 1 aromatic heterocycles. The van der Waals surface area contributed by atoms with E-state index in [1.54, 1.807) is 30.3 Å². The number of ether oxygens (including phenoxy) is 1. The van der Waals surface area contributed by atoms with Crippen LogP contribution in [-0.4, -0.2) is 35.7 Å². The van der Waals surface area contributed by atoms with E-state index in [0.717, 1.165) is 35.7 Å². The van der Waals surface area contributed by atoms with Crippen molar-refractivity contribution in [1.82, 2.24) is 4.90 Å². The number of imide groups is 1. The zero-order valence-electron chi connectivity index (χ0n) is 17.7. The summed E-state index contributed by atoms with van der Waals surface area (Å²) in [6.45, 7) is 2.34. The van der Waals surface area contributed by atoms with Crippen molar-refractivity contribution >= 4 is 35.0 Å². The average molecular weight is 440 g/mol. The first-order chi connectivity index (χ1) is 15.0. The lowest BCUT2D eigenvalue weighted by Crippen LogP contribution is -2.34. The second-order valence-electron chi connectivity index (χ2n) is 7.97. The van der Waals surface area contributed by atoms with E-state index in [0.29, 0.717) is 34.5 Å². The number of furan rings is 1. The van der Waals surface area contributed by atoms with Crippen molar-refractivity contribution in [2.24, 2.45) is 5.92 Å². The van der Waals surface area contributed by atoms with Crippen molar-refractivity contribution < 1.29 is 23.5 Å². The van der Waals surface area contributed by atoms with Crippen LogP contribution in [-0.2, 0) is 9.53 Å². The number of thioether (sulfide) groups is 1. The maximum Gasteiger partial charge on any atom is 0.338 e. The quantitative estimate of drug-likeness (QED) is 0.442. The molecule has 31 heavy (non-hydrogen) atoms. The highest BCUT2D eigenvalue weighted by Crippen LogP contribution is 2.36. The average Bonchev–Trinajstić information content (AvgIpc) is 3.34. The van der Waals surface area contributed by atoms with Gasteiger partial charge in [-0.25, -0.2) is 4.79 Å². The monoisotopic (exact) mass is 439 g/mol. The Bertz CT molecular complexity index is 1050. The van der Waals surface area contributed by atoms with Gasteiger partial charge in [-0.1, -0.05) is 31.4 Å². The van der Waals surface area contributed by atoms with E-state index in [2.05, 4.69) is 0 Å². The predicted octanol–water partition coefficient (Wildman–Crippen LogP) is 5.66. The van der Waals surface area contributed by atoms with Gasteiger partial charge >= 0.3 is 5.97 Å². The van der Waals surface area contributed by atoms with Crippen molar-refractivity contribution in [2.45, 2.75) is 39.0 Å². The number of benzene rings is 1. The maximum absolute atomic E-state index is 12.8. The van der Waals surface area contributed by atoms with Crippen LogP contribution in [0.3, 0.4) is 0 Å². The van der Waals surface area contributed by atoms with Gasteiger partial charge < -0.3 is 9.15 Å². The third-order valence-electron chi connectivity index (χ3n) is 5.94. The van der Waals surface area contributed by atoms with Crippen LogP contribution < -0.4 is 0 Å². The van der Waals surface area contributed by atoms with Crippen LogP contribution in [0.5, 0.6) is 0 Å². The molecule has 162 valence electrons. The minimum Gasteiger partial charge on any atom is -0.465 e. The Labute approximate surface area is 185 Å². The molecule has 1 saturated heterocycles. The highest BCUT2D eigenvalue weighted by Gasteiger charge is 2.36. The lowest BCUT2D eigenvalue weighted by molar-refractivity contribution is -0.123. The second kappa shape index (κ2) is 9.14. The third kappa shape index (κ3) is 4.46. The molecule has 1 aromatic carbocycles. The molecule has 0 N–H and O–H groups in total. The van der Waals surface area contributed by atoms with Crippen molar-refractivity contribution in [3.63, 3.8) is 0 Å². The fourth-order valence-electron chi connectivity index (χ4n) is 4.22. The molecular formula is C24H25NO5S. The van der Waals surface area contributed by atoms with Crippen LogP contribution in [0.15, 0.2) is 39.7 Å². The number of hydrogen-bond donors (Lipinski definition) is 0. The normalized spacial score (nSPS) is 18.8. The molecule has 1 saturated carbocycles. The molecule has 1 aliphatic carbocycles. The number of amides is 2. The van der Waals surface area contributed by atoms with Crippen molar-refractivity contribution in [1.29, 1.82) is 0 Å². The van der Waals surface area contributed by atoms with Crippen LogP contribution in [0, 0.1) is 12.8 Å². The van der Waals surface area contributed by atoms with Crippen LogP contribution in [0.4, 0.5) is 4.79 Å². The van der Waals surface area contributed by atoms with E-state index >= 15 is 0 Å². The van der Waals surface area contributed by atoms with Crippen LogP contribution >= 0.6 is 11.8 Å². The van der Waals surface area contributed by atoms with E-state index in [9.17, 15) is 14.4 Å². The topological polar surface area (TPSA) is 76.8 Å². The van der Waals surface area contributed by atoms with Gasteiger partial charge in [-0.05, 0) is 61.2 Å². The fourth-order valence-corrected chi connectivity index (χ4v) is 5.05. The predicted molar refractivity (Wildman–Crippen MR) is 119 cm³/mol. The minimum absolute atomic E-state index is 0.213. The van der Waals surface area contributed by atoms with Gasteiger partial charge in [-0.3, -0.25) is 14.5 Å². The lowest BCUT2D eigenvalue weighted by atomic mass is 9.89. The van der Waals surface area contributed by atoms with Gasteiger partial charge in [0.1, 0.15) is 11.5 Å². The van der Waals surface area contributed by atoms with E-state index < -0.39 is 5.97 Å². The molecule has 7 heteroatoms. The molecule has 6 nitrogen and oxygen atoms in total. The van der Waals surface area contributed by atoms with Gasteiger partial charge in [0, 0.05) is 18.2 Å². The third-order valence-corrected chi connectivity index (χ3v) is 6.85. The second-order valence-corrected chi connectivity index (χ2v) is 8.96. The number of carbonyl (C=O) groups excluding carboxylic acids is 3. The largest absolute Gasteiger partial charge is 0.465 e. The van der Waals surface area contributed by atoms with Crippen molar-refractivity contribution in [3.05, 3.63) is 52.1 Å². The molecule has 2 aliphatic rings. The van der Waals surface area contributed by atoms with Crippen LogP contribution in [0.2, 0.25) is 0 Å². The minimum atomic E-state index is -0.405. The summed E-state index contributed by atoms with van der Waals surface area (Å²) < 4.78 is 10.8. The zero-order valence-corrected chi connectivity index (χ0v) is 18.5. The Morgan fingerprint density at radius 1 is 1.19 bits per heavy atom. The summed E-state index contributed by atoms with van der Waals surface area (Å²) >= 11 is 0.960. The maximum atomic E-state index is 12.8. The Morgan fingerprint density at radius 2 is 1.97 bits per heavy atom. The number of rotatable bonds is 5. The molecule has 0 unspecified atom stereocenters. The summed E-state index contributed by atoms with van der Waals surface area (Å²) in [6.07, 6.45) is 7.35. The van der Waals surface area contributed by atoms with Crippen LogP contribution in [0.1, 0.15) is 53.8 Å². The molecule has 2 aromatic rings. The lowest BCUT2D eigenvalue weighted by Gasteiger charge is -2.25. The first-order valence-electron chi connectivity index (χ1n) is 10.5. The first-order valence-corrected chi connectivity index (χ1v) is 11.3. The number of methoxy groups -OCH3 is 1. The Morgan fingerprint density at radius 3 is 2.71 bits per heavy atom. The Kier molecular flexibility index (Phi) is 6.32. The summed E-state index contributed by atoms with van der Waals surface area (Å²) in [5.74, 6) is 0.819. The van der Waals surface area contributed by atoms with Gasteiger partial charge in [0.15, 0.2) is 0 Å². The number of nitrogens with zero attached hydrogens (tertiary/aromatic N) is 1. The molecule has 0 radical (unpaired) electrons. The molecular weight excluding hydrogens is 414 g/mol. The molecule has 0 atom stereocenters. The summed E-state index contributed by atoms with van der Waals surface area (Å²) in [7, 11) is 1.35. The zero-order chi connectivity index (χ0) is 22.0. The number of carbonyl (C=O) groups is 3. The van der Waals surface area contributed by atoms with Gasteiger partial charge in [-0.15, -0.1) is 0 Å². The Balaban J connectivity index is 1.53. The van der Waals surface area contributed by atoms with E-state index in [4.69, 9.17) is 9.15 Å². The molecule has 4 rings (SSSR count). The SMILES string of the molecule is COC(=O)c1cccc(-c2ccc(/C=C3/SC(=O)N(CC4CCCCC4)C3=O)o2)c1C. The summed E-state index contributed by atoms with van der Waals surface area (Å²) in [5.41, 5.74) is 2.00. The smallest absolute Gasteiger partial charge is 0.338 e. The van der Waals surface area contributed by atoms with Gasteiger partial charge in [0.25, 0.3) is 11.1 Å². The van der Waals surface area contributed by atoms with Crippen molar-refractivity contribution in [2.75, 3.05) is 13.7 Å². The van der Waals surface area contributed by atoms with E-state index in [1.807, 2.05) is 13.0 Å². The number of hydrogen-bond acceptors (Lipinski definition) is 6. The highest BCUT2D eigenvalue weighted by atomic mass is 32.2. The molecule has 2 amide bonds. The molecule has 0 spiro atoms. The summed E-state index contributed by atoms with van der Waals surface area (Å²) in [4.78, 5) is 38.9. The molecule has 0 bridgehead atoms. The van der Waals surface area contributed by atoms with Crippen molar-refractivity contribution in [3.8, 4) is 11.3 Å². The fraction of sp³-hybridized carbons (Fsp3) is 0.375. The number of esters is 1. The molecule has 2 fully saturated rings. The van der Waals surface area contributed by atoms with Gasteiger partial charge in [0.05, 0.1) is 17.6 Å².